The summed E-state index contributed by atoms with van der Waals surface area (Å²) in [6.07, 6.45) is 1.27. The number of hydrogen-bond donors (Lipinski definition) is 0. The average Bonchev–Trinajstić information content (AvgIpc) is 2.72. The van der Waals surface area contributed by atoms with Gasteiger partial charge in [-0.3, -0.25) is 4.79 Å². The summed E-state index contributed by atoms with van der Waals surface area (Å²) in [6, 6.07) is 1.92. The molecule has 0 radical (unpaired) electrons. The minimum absolute atomic E-state index is 0.135. The zero-order valence-electron chi connectivity index (χ0n) is 8.87. The zero-order valence-corrected chi connectivity index (χ0v) is 11.3. The molecule has 0 aliphatic heterocycles. The normalized spacial score (nSPS) is 23.9. The molecule has 0 saturated heterocycles. The molecule has 2 unspecified atom stereocenters. The first-order chi connectivity index (χ1) is 7.09. The van der Waals surface area contributed by atoms with E-state index in [1.165, 1.54) is 17.8 Å². The Morgan fingerprint density at radius 1 is 1.73 bits per heavy atom. The van der Waals surface area contributed by atoms with Gasteiger partial charge in [-0.1, -0.05) is 6.92 Å². The summed E-state index contributed by atoms with van der Waals surface area (Å²) in [7, 11) is 1.89. The smallest absolute Gasteiger partial charge is 0.264 e. The number of carbonyl (C=O) groups is 1. The van der Waals surface area contributed by atoms with Gasteiger partial charge in [-0.2, -0.15) is 0 Å². The molecule has 1 heterocycles. The summed E-state index contributed by atoms with van der Waals surface area (Å²) >= 11 is 4.89. The molecule has 1 amide bonds. The summed E-state index contributed by atoms with van der Waals surface area (Å²) in [5, 5.41) is 1.94. The van der Waals surface area contributed by atoms with E-state index < -0.39 is 0 Å². The lowest BCUT2D eigenvalue weighted by molar-refractivity contribution is 0.0791. The molecule has 2 atom stereocenters. The number of thiophene rings is 1. The molecule has 1 aromatic heterocycles. The molecule has 0 aromatic carbocycles. The largest absolute Gasteiger partial charge is 0.341 e. The summed E-state index contributed by atoms with van der Waals surface area (Å²) in [4.78, 5) is 14.7. The monoisotopic (exact) mass is 287 g/mol. The summed E-state index contributed by atoms with van der Waals surface area (Å²) in [6.45, 7) is 3.13. The quantitative estimate of drug-likeness (QED) is 0.836. The van der Waals surface area contributed by atoms with Gasteiger partial charge in [0.1, 0.15) is 4.88 Å². The molecule has 1 fully saturated rings. The van der Waals surface area contributed by atoms with E-state index in [-0.39, 0.29) is 5.91 Å². The van der Waals surface area contributed by atoms with Crippen molar-refractivity contribution >= 4 is 33.2 Å². The van der Waals surface area contributed by atoms with Gasteiger partial charge in [-0.15, -0.1) is 11.3 Å². The molecule has 0 bridgehead atoms. The van der Waals surface area contributed by atoms with Gasteiger partial charge in [-0.25, -0.2) is 0 Å². The Balaban J connectivity index is 1.98. The SMILES string of the molecule is CC1CC1CN(C)C(=O)c1sccc1Br. The van der Waals surface area contributed by atoms with Gasteiger partial charge in [0.25, 0.3) is 5.91 Å². The Labute approximate surface area is 102 Å². The van der Waals surface area contributed by atoms with Gasteiger partial charge in [0.15, 0.2) is 0 Å². The van der Waals surface area contributed by atoms with Crippen LogP contribution in [0.1, 0.15) is 23.0 Å². The maximum Gasteiger partial charge on any atom is 0.264 e. The van der Waals surface area contributed by atoms with Crippen LogP contribution in [0.5, 0.6) is 0 Å². The molecular weight excluding hydrogens is 274 g/mol. The minimum atomic E-state index is 0.135. The van der Waals surface area contributed by atoms with E-state index in [0.29, 0.717) is 0 Å². The summed E-state index contributed by atoms with van der Waals surface area (Å²) in [5.41, 5.74) is 0. The third-order valence-corrected chi connectivity index (χ3v) is 4.77. The number of halogens is 1. The first-order valence-electron chi connectivity index (χ1n) is 5.08. The first kappa shape index (κ1) is 11.1. The predicted molar refractivity (Wildman–Crippen MR) is 66.3 cm³/mol. The number of amides is 1. The second-order valence-electron chi connectivity index (χ2n) is 4.26. The minimum Gasteiger partial charge on any atom is -0.341 e. The molecule has 15 heavy (non-hydrogen) atoms. The van der Waals surface area contributed by atoms with E-state index >= 15 is 0 Å². The van der Waals surface area contributed by atoms with E-state index in [4.69, 9.17) is 0 Å². The topological polar surface area (TPSA) is 20.3 Å². The maximum absolute atomic E-state index is 12.0. The van der Waals surface area contributed by atoms with Crippen molar-refractivity contribution < 1.29 is 4.79 Å². The fraction of sp³-hybridized carbons (Fsp3) is 0.545. The molecule has 2 nitrogen and oxygen atoms in total. The highest BCUT2D eigenvalue weighted by Crippen LogP contribution is 2.38. The van der Waals surface area contributed by atoms with Gasteiger partial charge < -0.3 is 4.90 Å². The van der Waals surface area contributed by atoms with Crippen molar-refractivity contribution in [1.29, 1.82) is 0 Å². The van der Waals surface area contributed by atoms with Crippen LogP contribution < -0.4 is 0 Å². The van der Waals surface area contributed by atoms with Crippen molar-refractivity contribution in [1.82, 2.24) is 4.90 Å². The van der Waals surface area contributed by atoms with Crippen molar-refractivity contribution in [3.8, 4) is 0 Å². The van der Waals surface area contributed by atoms with Crippen LogP contribution >= 0.6 is 27.3 Å². The second-order valence-corrected chi connectivity index (χ2v) is 6.03. The zero-order chi connectivity index (χ0) is 11.0. The summed E-state index contributed by atoms with van der Waals surface area (Å²) in [5.74, 6) is 1.65. The molecule has 1 aliphatic rings. The van der Waals surface area contributed by atoms with Crippen LogP contribution in [0.2, 0.25) is 0 Å². The van der Waals surface area contributed by atoms with Crippen molar-refractivity contribution in [2.75, 3.05) is 13.6 Å². The van der Waals surface area contributed by atoms with Crippen LogP contribution in [-0.4, -0.2) is 24.4 Å². The summed E-state index contributed by atoms with van der Waals surface area (Å²) < 4.78 is 0.910. The van der Waals surface area contributed by atoms with Crippen LogP contribution in [0.25, 0.3) is 0 Å². The lowest BCUT2D eigenvalue weighted by Crippen LogP contribution is -2.28. The maximum atomic E-state index is 12.0. The fourth-order valence-electron chi connectivity index (χ4n) is 1.71. The predicted octanol–water partition coefficient (Wildman–Crippen LogP) is 3.24. The Kier molecular flexibility index (Phi) is 3.16. The van der Waals surface area contributed by atoms with Crippen molar-refractivity contribution in [3.05, 3.63) is 20.8 Å². The highest BCUT2D eigenvalue weighted by molar-refractivity contribution is 9.10. The average molecular weight is 288 g/mol. The standard InChI is InChI=1S/C11H14BrNOS/c1-7-5-8(7)6-13(2)11(14)10-9(12)3-4-15-10/h3-4,7-8H,5-6H2,1-2H3. The van der Waals surface area contributed by atoms with Crippen LogP contribution in [0.15, 0.2) is 15.9 Å². The molecule has 0 N–H and O–H groups in total. The van der Waals surface area contributed by atoms with Crippen molar-refractivity contribution in [2.24, 2.45) is 11.8 Å². The second kappa shape index (κ2) is 4.26. The Bertz CT molecular complexity index is 376. The molecule has 0 spiro atoms. The van der Waals surface area contributed by atoms with E-state index in [2.05, 4.69) is 22.9 Å². The molecule has 82 valence electrons. The van der Waals surface area contributed by atoms with Crippen LogP contribution in [-0.2, 0) is 0 Å². The molecular formula is C11H14BrNOS. The van der Waals surface area contributed by atoms with Crippen LogP contribution in [0, 0.1) is 11.8 Å². The Hall–Kier alpha value is -0.350. The van der Waals surface area contributed by atoms with Crippen LogP contribution in [0.3, 0.4) is 0 Å². The van der Waals surface area contributed by atoms with Gasteiger partial charge in [0.05, 0.1) is 0 Å². The van der Waals surface area contributed by atoms with Crippen molar-refractivity contribution in [2.45, 2.75) is 13.3 Å². The molecule has 2 rings (SSSR count). The highest BCUT2D eigenvalue weighted by atomic mass is 79.9. The number of carbonyl (C=O) groups excluding carboxylic acids is 1. The molecule has 4 heteroatoms. The van der Waals surface area contributed by atoms with Crippen LogP contribution in [0.4, 0.5) is 0 Å². The Morgan fingerprint density at radius 2 is 2.40 bits per heavy atom. The van der Waals surface area contributed by atoms with Gasteiger partial charge in [0, 0.05) is 18.1 Å². The van der Waals surface area contributed by atoms with Gasteiger partial charge >= 0.3 is 0 Å². The number of rotatable bonds is 3. The van der Waals surface area contributed by atoms with Gasteiger partial charge in [-0.05, 0) is 45.6 Å². The third-order valence-electron chi connectivity index (χ3n) is 2.94. The molecule has 1 saturated carbocycles. The lowest BCUT2D eigenvalue weighted by Gasteiger charge is -2.16. The molecule has 1 aliphatic carbocycles. The third kappa shape index (κ3) is 2.42. The van der Waals surface area contributed by atoms with E-state index in [1.54, 1.807) is 0 Å². The number of nitrogens with zero attached hydrogens (tertiary/aromatic N) is 1. The van der Waals surface area contributed by atoms with E-state index in [1.807, 2.05) is 23.4 Å². The molecule has 1 aromatic rings. The highest BCUT2D eigenvalue weighted by Gasteiger charge is 2.34. The number of hydrogen-bond acceptors (Lipinski definition) is 2. The van der Waals surface area contributed by atoms with Gasteiger partial charge in [0.2, 0.25) is 0 Å². The fourth-order valence-corrected chi connectivity index (χ4v) is 3.24. The Morgan fingerprint density at radius 3 is 2.87 bits per heavy atom. The van der Waals surface area contributed by atoms with E-state index in [9.17, 15) is 4.79 Å². The first-order valence-corrected chi connectivity index (χ1v) is 6.75. The van der Waals surface area contributed by atoms with E-state index in [0.717, 1.165) is 27.7 Å². The van der Waals surface area contributed by atoms with Crippen molar-refractivity contribution in [3.63, 3.8) is 0 Å². The lowest BCUT2D eigenvalue weighted by atomic mass is 10.3.